The molecule has 52 heavy (non-hydrogen) atoms. The van der Waals surface area contributed by atoms with Crippen molar-refractivity contribution in [2.75, 3.05) is 14.2 Å². The van der Waals surface area contributed by atoms with Crippen LogP contribution in [0.4, 0.5) is 0 Å². The van der Waals surface area contributed by atoms with Crippen LogP contribution in [0.1, 0.15) is 69.9 Å². The molecule has 2 N–H and O–H groups in total. The molecule has 4 aliphatic rings. The van der Waals surface area contributed by atoms with Crippen molar-refractivity contribution in [1.82, 2.24) is 0 Å². The lowest BCUT2D eigenvalue weighted by Gasteiger charge is -2.62. The van der Waals surface area contributed by atoms with Crippen LogP contribution < -0.4 is 9.47 Å². The monoisotopic (exact) mass is 688 g/mol. The fourth-order valence-electron chi connectivity index (χ4n) is 10.5. The summed E-state index contributed by atoms with van der Waals surface area (Å²) in [5.74, 6) is 2.11. The van der Waals surface area contributed by atoms with Gasteiger partial charge >= 0.3 is 11.9 Å². The minimum Gasteiger partial charge on any atom is -0.496 e. The highest BCUT2D eigenvalue weighted by atomic mass is 16.5. The van der Waals surface area contributed by atoms with Crippen LogP contribution in [0.25, 0.3) is 43.8 Å². The van der Waals surface area contributed by atoms with Crippen molar-refractivity contribution in [3.63, 3.8) is 0 Å². The Morgan fingerprint density at radius 3 is 1.56 bits per heavy atom. The molecular formula is C46H40O6. The van der Waals surface area contributed by atoms with Crippen LogP contribution in [0, 0.1) is 17.8 Å². The van der Waals surface area contributed by atoms with Crippen LogP contribution in [0.5, 0.6) is 11.5 Å². The average molecular weight is 689 g/mol. The Bertz CT molecular complexity index is 2410. The number of fused-ring (bicyclic) bond motifs is 2. The zero-order valence-electron chi connectivity index (χ0n) is 29.3. The number of carbonyl (C=O) groups is 2. The first-order chi connectivity index (χ1) is 25.2. The number of hydrogen-bond donors (Lipinski definition) is 2. The first kappa shape index (κ1) is 32.3. The largest absolute Gasteiger partial charge is 0.496 e. The van der Waals surface area contributed by atoms with Crippen molar-refractivity contribution >= 4 is 33.5 Å². The molecule has 0 amide bonds. The van der Waals surface area contributed by atoms with E-state index in [2.05, 4.69) is 60.7 Å². The molecule has 4 saturated carbocycles. The molecule has 6 aromatic rings. The lowest BCUT2D eigenvalue weighted by Crippen LogP contribution is -2.54. The zero-order valence-corrected chi connectivity index (χ0v) is 29.3. The predicted molar refractivity (Wildman–Crippen MR) is 204 cm³/mol. The Labute approximate surface area is 302 Å². The van der Waals surface area contributed by atoms with Gasteiger partial charge in [0.1, 0.15) is 11.5 Å². The standard InChI is InChI=1S/C46H40O6/c1-51-41-13-11-34(30-3-5-32-20-36(44(47)48)9-7-28(32)18-30)22-39(41)43-38-16-26-15-27(17-38)25-46(43,24-26)40-23-35(12-14-42(40)52-2)31-4-6-33-21-37(45(49)50)10-8-29(33)19-31/h3-14,18-23,26-27,38,43H,15-17,24-25H2,1-2H3,(H,47,48)(H,49,50)/t26-,27+,38?,43-,46?/m0/s1. The summed E-state index contributed by atoms with van der Waals surface area (Å²) in [6.45, 7) is 0. The second kappa shape index (κ2) is 12.3. The maximum Gasteiger partial charge on any atom is 0.335 e. The van der Waals surface area contributed by atoms with Crippen LogP contribution in [-0.2, 0) is 5.41 Å². The Morgan fingerprint density at radius 1 is 0.558 bits per heavy atom. The van der Waals surface area contributed by atoms with E-state index in [9.17, 15) is 19.8 Å². The van der Waals surface area contributed by atoms with Gasteiger partial charge in [0, 0.05) is 16.9 Å². The van der Waals surface area contributed by atoms with E-state index < -0.39 is 11.9 Å². The Kier molecular flexibility index (Phi) is 7.62. The van der Waals surface area contributed by atoms with Crippen molar-refractivity contribution in [1.29, 1.82) is 0 Å². The summed E-state index contributed by atoms with van der Waals surface area (Å²) in [5, 5.41) is 22.8. The summed E-state index contributed by atoms with van der Waals surface area (Å²) < 4.78 is 12.4. The Hall–Kier alpha value is -5.62. The first-order valence-electron chi connectivity index (χ1n) is 18.1. The van der Waals surface area contributed by atoms with Crippen molar-refractivity contribution in [2.45, 2.75) is 43.4 Å². The first-order valence-corrected chi connectivity index (χ1v) is 18.1. The third-order valence-electron chi connectivity index (χ3n) is 12.5. The van der Waals surface area contributed by atoms with Crippen molar-refractivity contribution < 1.29 is 29.3 Å². The molecule has 6 nitrogen and oxygen atoms in total. The van der Waals surface area contributed by atoms with Gasteiger partial charge in [-0.3, -0.25) is 0 Å². The topological polar surface area (TPSA) is 93.1 Å². The molecule has 4 fully saturated rings. The molecule has 0 saturated heterocycles. The number of methoxy groups -OCH3 is 2. The van der Waals surface area contributed by atoms with Crippen LogP contribution >= 0.6 is 0 Å². The third-order valence-corrected chi connectivity index (χ3v) is 12.5. The van der Waals surface area contributed by atoms with Crippen molar-refractivity contribution in [3.8, 4) is 33.8 Å². The number of carboxylic acids is 2. The SMILES string of the molecule is COc1ccc(-c2ccc3cc(C(=O)O)ccc3c2)cc1[C@@H]1C2C[C@@H]3C[C@H](C2)CC1(c1cc(-c2ccc4cc(C(=O)O)ccc4c2)ccc1OC)C3. The predicted octanol–water partition coefficient (Wildman–Crippen LogP) is 10.6. The molecule has 6 aromatic carbocycles. The van der Waals surface area contributed by atoms with E-state index in [1.165, 1.54) is 30.4 Å². The van der Waals surface area contributed by atoms with Crippen LogP contribution in [0.3, 0.4) is 0 Å². The zero-order chi connectivity index (χ0) is 35.7. The summed E-state index contributed by atoms with van der Waals surface area (Å²) >= 11 is 0. The van der Waals surface area contributed by atoms with E-state index in [-0.39, 0.29) is 22.5 Å². The number of rotatable bonds is 8. The van der Waals surface area contributed by atoms with E-state index in [1.54, 1.807) is 38.5 Å². The molecule has 6 heteroatoms. The fourth-order valence-corrected chi connectivity index (χ4v) is 10.5. The molecule has 0 radical (unpaired) electrons. The van der Waals surface area contributed by atoms with Gasteiger partial charge in [0.15, 0.2) is 0 Å². The quantitative estimate of drug-likeness (QED) is 0.165. The minimum atomic E-state index is -0.925. The van der Waals surface area contributed by atoms with E-state index in [4.69, 9.17) is 9.47 Å². The van der Waals surface area contributed by atoms with Crippen LogP contribution in [-0.4, -0.2) is 36.4 Å². The van der Waals surface area contributed by atoms with Crippen molar-refractivity contribution in [3.05, 3.63) is 131 Å². The lowest BCUT2D eigenvalue weighted by molar-refractivity contribution is -0.0295. The van der Waals surface area contributed by atoms with Crippen LogP contribution in [0.15, 0.2) is 109 Å². The average Bonchev–Trinajstić information content (AvgIpc) is 3.16. The molecule has 2 unspecified atom stereocenters. The highest BCUT2D eigenvalue weighted by Crippen LogP contribution is 2.68. The molecule has 260 valence electrons. The number of ether oxygens (including phenoxy) is 2. The highest BCUT2D eigenvalue weighted by molar-refractivity contribution is 5.97. The summed E-state index contributed by atoms with van der Waals surface area (Å²) in [6.07, 6.45) is 5.96. The number of carboxylic acid groups (broad SMARTS) is 2. The molecule has 4 bridgehead atoms. The number of benzene rings is 6. The summed E-state index contributed by atoms with van der Waals surface area (Å²) in [6, 6.07) is 36.4. The third kappa shape index (κ3) is 5.23. The van der Waals surface area contributed by atoms with Gasteiger partial charge in [-0.05, 0) is 160 Å². The molecule has 4 aliphatic carbocycles. The van der Waals surface area contributed by atoms with Crippen LogP contribution in [0.2, 0.25) is 0 Å². The van der Waals surface area contributed by atoms with E-state index in [0.717, 1.165) is 68.1 Å². The molecule has 0 spiro atoms. The smallest absolute Gasteiger partial charge is 0.335 e. The summed E-state index contributed by atoms with van der Waals surface area (Å²) in [5.41, 5.74) is 7.37. The Balaban J connectivity index is 1.17. The molecule has 0 aliphatic heterocycles. The van der Waals surface area contributed by atoms with Gasteiger partial charge in [0.25, 0.3) is 0 Å². The normalized spacial score (nSPS) is 23.2. The van der Waals surface area contributed by atoms with Gasteiger partial charge in [-0.1, -0.05) is 48.5 Å². The summed E-state index contributed by atoms with van der Waals surface area (Å²) in [7, 11) is 3.56. The van der Waals surface area contributed by atoms with Gasteiger partial charge in [-0.15, -0.1) is 0 Å². The number of aromatic carboxylic acids is 2. The minimum absolute atomic E-state index is 0.133. The van der Waals surface area contributed by atoms with Gasteiger partial charge < -0.3 is 19.7 Å². The van der Waals surface area contributed by atoms with Gasteiger partial charge in [-0.25, -0.2) is 9.59 Å². The van der Waals surface area contributed by atoms with Gasteiger partial charge in [-0.2, -0.15) is 0 Å². The van der Waals surface area contributed by atoms with Crippen molar-refractivity contribution in [2.24, 2.45) is 17.8 Å². The summed E-state index contributed by atoms with van der Waals surface area (Å²) in [4.78, 5) is 23.2. The maximum atomic E-state index is 11.6. The molecule has 0 aromatic heterocycles. The van der Waals surface area contributed by atoms with Gasteiger partial charge in [0.2, 0.25) is 0 Å². The van der Waals surface area contributed by atoms with E-state index >= 15 is 0 Å². The Morgan fingerprint density at radius 2 is 1.02 bits per heavy atom. The molecule has 0 heterocycles. The highest BCUT2D eigenvalue weighted by Gasteiger charge is 2.59. The number of hydrogen-bond acceptors (Lipinski definition) is 4. The lowest BCUT2D eigenvalue weighted by atomic mass is 9.42. The van der Waals surface area contributed by atoms with Gasteiger partial charge in [0.05, 0.1) is 25.3 Å². The second-order valence-corrected chi connectivity index (χ2v) is 15.3. The maximum absolute atomic E-state index is 11.6. The molecule has 5 atom stereocenters. The molecule has 10 rings (SSSR count). The second-order valence-electron chi connectivity index (χ2n) is 15.3. The van der Waals surface area contributed by atoms with E-state index in [1.807, 2.05) is 24.3 Å². The van der Waals surface area contributed by atoms with E-state index in [0.29, 0.717) is 17.8 Å². The molecular weight excluding hydrogens is 649 g/mol. The fraction of sp³-hybridized carbons (Fsp3) is 0.261.